The Morgan fingerprint density at radius 3 is 2.87 bits per heavy atom. The normalized spacial score (nSPS) is 26.3. The van der Waals surface area contributed by atoms with Crippen LogP contribution in [0, 0.1) is 5.92 Å². The van der Waals surface area contributed by atoms with Crippen molar-refractivity contribution >= 4 is 11.6 Å². The van der Waals surface area contributed by atoms with Crippen molar-refractivity contribution < 1.29 is 4.84 Å². The molecule has 2 nitrogen and oxygen atoms in total. The van der Waals surface area contributed by atoms with Crippen LogP contribution in [-0.4, -0.2) is 13.2 Å². The molecule has 2 unspecified atom stereocenters. The standard InChI is InChI=1S/C12H16ClNO/c1-8(14-15-2)10-7-11(10)9-5-3-4-6-12(9)13/h3-6,8,10-11,14H,7H2,1-2H3/t8?,10-,11?/m1/s1. The highest BCUT2D eigenvalue weighted by atomic mass is 35.5. The molecule has 1 aliphatic rings. The summed E-state index contributed by atoms with van der Waals surface area (Å²) >= 11 is 6.15. The van der Waals surface area contributed by atoms with Crippen molar-refractivity contribution in [3.63, 3.8) is 0 Å². The molecule has 0 amide bonds. The maximum absolute atomic E-state index is 6.15. The second kappa shape index (κ2) is 4.52. The van der Waals surface area contributed by atoms with E-state index in [1.54, 1.807) is 7.11 Å². The summed E-state index contributed by atoms with van der Waals surface area (Å²) in [5.41, 5.74) is 4.26. The smallest absolute Gasteiger partial charge is 0.0572 e. The van der Waals surface area contributed by atoms with E-state index in [1.807, 2.05) is 18.2 Å². The Hall–Kier alpha value is -0.570. The van der Waals surface area contributed by atoms with Crippen LogP contribution < -0.4 is 5.48 Å². The Kier molecular flexibility index (Phi) is 3.29. The summed E-state index contributed by atoms with van der Waals surface area (Å²) in [4.78, 5) is 4.94. The van der Waals surface area contributed by atoms with Gasteiger partial charge in [0.25, 0.3) is 0 Å². The molecular formula is C12H16ClNO. The van der Waals surface area contributed by atoms with Gasteiger partial charge in [0.1, 0.15) is 0 Å². The van der Waals surface area contributed by atoms with Gasteiger partial charge in [-0.1, -0.05) is 29.8 Å². The lowest BCUT2D eigenvalue weighted by atomic mass is 10.1. The molecule has 1 aliphatic carbocycles. The highest BCUT2D eigenvalue weighted by molar-refractivity contribution is 6.31. The SMILES string of the molecule is CONC(C)[C@H]1CC1c1ccccc1Cl. The zero-order valence-electron chi connectivity index (χ0n) is 9.03. The zero-order valence-corrected chi connectivity index (χ0v) is 9.79. The van der Waals surface area contributed by atoms with Crippen molar-refractivity contribution in [1.29, 1.82) is 0 Å². The first kappa shape index (κ1) is 10.9. The van der Waals surface area contributed by atoms with Crippen LogP contribution in [0.4, 0.5) is 0 Å². The molecule has 82 valence electrons. The van der Waals surface area contributed by atoms with Gasteiger partial charge in [-0.25, -0.2) is 0 Å². The van der Waals surface area contributed by atoms with Crippen molar-refractivity contribution in [2.75, 3.05) is 7.11 Å². The molecule has 1 aromatic rings. The minimum Gasteiger partial charge on any atom is -0.305 e. The first-order chi connectivity index (χ1) is 7.24. The molecule has 0 saturated heterocycles. The van der Waals surface area contributed by atoms with Gasteiger partial charge in [-0.2, -0.15) is 5.48 Å². The fourth-order valence-electron chi connectivity index (χ4n) is 2.17. The number of hydrogen-bond acceptors (Lipinski definition) is 2. The molecule has 0 aromatic heterocycles. The van der Waals surface area contributed by atoms with Crippen molar-refractivity contribution in [2.45, 2.75) is 25.3 Å². The first-order valence-electron chi connectivity index (χ1n) is 5.27. The second-order valence-corrected chi connectivity index (χ2v) is 4.55. The number of halogens is 1. The summed E-state index contributed by atoms with van der Waals surface area (Å²) in [6.45, 7) is 2.14. The predicted octanol–water partition coefficient (Wildman–Crippen LogP) is 2.98. The zero-order chi connectivity index (χ0) is 10.8. The van der Waals surface area contributed by atoms with Gasteiger partial charge in [0.15, 0.2) is 0 Å². The monoisotopic (exact) mass is 225 g/mol. The molecule has 0 bridgehead atoms. The summed E-state index contributed by atoms with van der Waals surface area (Å²) in [5, 5.41) is 0.884. The molecule has 1 saturated carbocycles. The van der Waals surface area contributed by atoms with Crippen LogP contribution >= 0.6 is 11.6 Å². The van der Waals surface area contributed by atoms with E-state index in [0.717, 1.165) is 5.02 Å². The molecule has 0 spiro atoms. The van der Waals surface area contributed by atoms with E-state index in [4.69, 9.17) is 16.4 Å². The van der Waals surface area contributed by atoms with E-state index < -0.39 is 0 Å². The van der Waals surface area contributed by atoms with Crippen LogP contribution in [0.25, 0.3) is 0 Å². The predicted molar refractivity (Wildman–Crippen MR) is 61.9 cm³/mol. The number of benzene rings is 1. The maximum atomic E-state index is 6.15. The van der Waals surface area contributed by atoms with Gasteiger partial charge in [0, 0.05) is 11.1 Å². The quantitative estimate of drug-likeness (QED) is 0.796. The highest BCUT2D eigenvalue weighted by Crippen LogP contribution is 2.51. The van der Waals surface area contributed by atoms with Crippen LogP contribution in [-0.2, 0) is 4.84 Å². The number of hydrogen-bond donors (Lipinski definition) is 1. The molecule has 15 heavy (non-hydrogen) atoms. The molecule has 2 rings (SSSR count). The molecule has 1 N–H and O–H groups in total. The van der Waals surface area contributed by atoms with E-state index in [0.29, 0.717) is 17.9 Å². The Morgan fingerprint density at radius 2 is 2.20 bits per heavy atom. The van der Waals surface area contributed by atoms with Gasteiger partial charge in [-0.3, -0.25) is 0 Å². The Morgan fingerprint density at radius 1 is 1.47 bits per heavy atom. The minimum atomic E-state index is 0.385. The number of hydroxylamine groups is 1. The van der Waals surface area contributed by atoms with Crippen LogP contribution in [0.3, 0.4) is 0 Å². The first-order valence-corrected chi connectivity index (χ1v) is 5.64. The van der Waals surface area contributed by atoms with Gasteiger partial charge < -0.3 is 4.84 Å². The lowest BCUT2D eigenvalue weighted by Crippen LogP contribution is -2.27. The molecule has 1 aromatic carbocycles. The molecule has 3 atom stereocenters. The lowest BCUT2D eigenvalue weighted by Gasteiger charge is -2.11. The van der Waals surface area contributed by atoms with Crippen molar-refractivity contribution in [3.05, 3.63) is 34.9 Å². The molecule has 0 aliphatic heterocycles. The molecule has 3 heteroatoms. The second-order valence-electron chi connectivity index (χ2n) is 4.14. The summed E-state index contributed by atoms with van der Waals surface area (Å²) in [5.74, 6) is 1.24. The molecule has 0 radical (unpaired) electrons. The third-order valence-corrected chi connectivity index (χ3v) is 3.43. The highest BCUT2D eigenvalue weighted by Gasteiger charge is 2.42. The largest absolute Gasteiger partial charge is 0.305 e. The third kappa shape index (κ3) is 2.33. The molecule has 0 heterocycles. The van der Waals surface area contributed by atoms with Gasteiger partial charge in [0.05, 0.1) is 7.11 Å². The van der Waals surface area contributed by atoms with E-state index in [2.05, 4.69) is 18.5 Å². The molecular weight excluding hydrogens is 210 g/mol. The Labute approximate surface area is 95.5 Å². The average Bonchev–Trinajstić information content (AvgIpc) is 2.98. The summed E-state index contributed by atoms with van der Waals surface area (Å²) in [7, 11) is 1.66. The van der Waals surface area contributed by atoms with Crippen LogP contribution in [0.15, 0.2) is 24.3 Å². The lowest BCUT2D eigenvalue weighted by molar-refractivity contribution is 0.0591. The van der Waals surface area contributed by atoms with E-state index >= 15 is 0 Å². The minimum absolute atomic E-state index is 0.385. The molecule has 1 fully saturated rings. The van der Waals surface area contributed by atoms with E-state index in [-0.39, 0.29) is 0 Å². The fraction of sp³-hybridized carbons (Fsp3) is 0.500. The number of rotatable bonds is 4. The van der Waals surface area contributed by atoms with E-state index in [9.17, 15) is 0 Å². The van der Waals surface area contributed by atoms with Gasteiger partial charge in [-0.05, 0) is 36.8 Å². The fourth-order valence-corrected chi connectivity index (χ4v) is 2.45. The van der Waals surface area contributed by atoms with Gasteiger partial charge in [0.2, 0.25) is 0 Å². The average molecular weight is 226 g/mol. The topological polar surface area (TPSA) is 21.3 Å². The summed E-state index contributed by atoms with van der Waals surface area (Å²) in [6.07, 6.45) is 1.20. The van der Waals surface area contributed by atoms with Crippen LogP contribution in [0.5, 0.6) is 0 Å². The van der Waals surface area contributed by atoms with Crippen LogP contribution in [0.2, 0.25) is 5.02 Å². The summed E-state index contributed by atoms with van der Waals surface area (Å²) in [6, 6.07) is 8.48. The van der Waals surface area contributed by atoms with Gasteiger partial charge >= 0.3 is 0 Å². The third-order valence-electron chi connectivity index (χ3n) is 3.09. The summed E-state index contributed by atoms with van der Waals surface area (Å²) < 4.78 is 0. The number of nitrogens with one attached hydrogen (secondary N) is 1. The Bertz CT molecular complexity index is 342. The van der Waals surface area contributed by atoms with E-state index in [1.165, 1.54) is 12.0 Å². The Balaban J connectivity index is 2.02. The van der Waals surface area contributed by atoms with Crippen molar-refractivity contribution in [1.82, 2.24) is 5.48 Å². The van der Waals surface area contributed by atoms with Gasteiger partial charge in [-0.15, -0.1) is 0 Å². The maximum Gasteiger partial charge on any atom is 0.0572 e. The van der Waals surface area contributed by atoms with Crippen molar-refractivity contribution in [3.8, 4) is 0 Å². The van der Waals surface area contributed by atoms with Crippen molar-refractivity contribution in [2.24, 2.45) is 5.92 Å². The van der Waals surface area contributed by atoms with Crippen LogP contribution in [0.1, 0.15) is 24.8 Å².